The zero-order valence-electron chi connectivity index (χ0n) is 6.21. The van der Waals surface area contributed by atoms with Crippen molar-refractivity contribution in [2.75, 3.05) is 0 Å². The van der Waals surface area contributed by atoms with Crippen molar-refractivity contribution in [3.63, 3.8) is 0 Å². The van der Waals surface area contributed by atoms with E-state index < -0.39 is 14.5 Å². The van der Waals surface area contributed by atoms with Gasteiger partial charge in [-0.15, -0.1) is 0 Å². The van der Waals surface area contributed by atoms with Crippen LogP contribution in [-0.2, 0) is 3.83 Å². The summed E-state index contributed by atoms with van der Waals surface area (Å²) < 4.78 is 23.1. The number of hydrogen-bond donors (Lipinski definition) is 2. The molecule has 0 saturated carbocycles. The minimum absolute atomic E-state index is 0. The van der Waals surface area contributed by atoms with Crippen LogP contribution < -0.4 is 0 Å². The van der Waals surface area contributed by atoms with E-state index in [4.69, 9.17) is 12.2 Å². The molecule has 0 aromatic heterocycles. The van der Waals surface area contributed by atoms with Crippen LogP contribution in [0.2, 0.25) is 0 Å². The van der Waals surface area contributed by atoms with E-state index in [0.717, 1.165) is 0 Å². The second-order valence-electron chi connectivity index (χ2n) is 0.231. The van der Waals surface area contributed by atoms with Gasteiger partial charge >= 0.3 is 26.7 Å². The van der Waals surface area contributed by atoms with Gasteiger partial charge < -0.3 is 27.4 Å². The molecule has 0 aliphatic heterocycles. The predicted molar refractivity (Wildman–Crippen MR) is 40.5 cm³/mol. The molecule has 0 aromatic rings. The normalized spacial score (nSPS) is 3.18. The summed E-state index contributed by atoms with van der Waals surface area (Å²) in [5, 5.41) is 0. The summed E-state index contributed by atoms with van der Waals surface area (Å²) in [5.74, 6) is 0. The first kappa shape index (κ1) is 74.4. The van der Waals surface area contributed by atoms with Gasteiger partial charge in [-0.2, -0.15) is 0 Å². The smallest absolute Gasteiger partial charge is 0 e. The molecule has 0 aliphatic carbocycles. The Balaban J connectivity index is -0.00000000214. The van der Waals surface area contributed by atoms with Crippen molar-refractivity contribution in [2.45, 2.75) is 0 Å². The molecule has 0 spiro atoms. The van der Waals surface area contributed by atoms with E-state index in [9.17, 15) is 0 Å². The molecule has 12 N–H and O–H groups in total. The predicted octanol–water partition coefficient (Wildman–Crippen LogP) is -6.50. The SMILES string of the molecule is O.O.O.O.O.O=[Se](O)O.[Na].[Na]. The summed E-state index contributed by atoms with van der Waals surface area (Å²) in [6.07, 6.45) is 0. The Morgan fingerprint density at radius 3 is 0.727 bits per heavy atom. The molecular weight excluding hydrogens is 253 g/mol. The molecule has 0 bridgehead atoms. The first-order valence-electron chi connectivity index (χ1n) is 0.532. The van der Waals surface area contributed by atoms with E-state index in [1.165, 1.54) is 0 Å². The van der Waals surface area contributed by atoms with Gasteiger partial charge in [0, 0.05) is 59.1 Å². The zero-order chi connectivity index (χ0) is 3.58. The Hall–Kier alpha value is 2.04. The third-order valence-corrected chi connectivity index (χ3v) is 0. The van der Waals surface area contributed by atoms with Crippen LogP contribution >= 0.6 is 0 Å². The van der Waals surface area contributed by atoms with Crippen LogP contribution in [0.25, 0.3) is 0 Å². The van der Waals surface area contributed by atoms with Gasteiger partial charge in [0.2, 0.25) is 0 Å². The first-order chi connectivity index (χ1) is 1.73. The number of rotatable bonds is 0. The van der Waals surface area contributed by atoms with Gasteiger partial charge in [0.15, 0.2) is 0 Å². The fraction of sp³-hybridized carbons (Fsp3) is 0. The Morgan fingerprint density at radius 1 is 0.727 bits per heavy atom. The topological polar surface area (TPSA) is 215 Å². The van der Waals surface area contributed by atoms with Crippen molar-refractivity contribution >= 4 is 73.6 Å². The van der Waals surface area contributed by atoms with Crippen molar-refractivity contribution < 1.29 is 39.6 Å². The summed E-state index contributed by atoms with van der Waals surface area (Å²) in [5.41, 5.74) is 0. The molecule has 0 heterocycles. The molecule has 0 atom stereocenters. The van der Waals surface area contributed by atoms with Crippen molar-refractivity contribution in [1.29, 1.82) is 0 Å². The molecule has 11 heteroatoms. The summed E-state index contributed by atoms with van der Waals surface area (Å²) >= 11 is -3.29. The molecule has 2 radical (unpaired) electrons. The Kier molecular flexibility index (Phi) is 391. The van der Waals surface area contributed by atoms with Gasteiger partial charge in [-0.1, -0.05) is 0 Å². The van der Waals surface area contributed by atoms with Gasteiger partial charge in [-0.05, 0) is 0 Å². The van der Waals surface area contributed by atoms with Crippen LogP contribution in [0.5, 0.6) is 0 Å². The fourth-order valence-electron chi connectivity index (χ4n) is 0. The van der Waals surface area contributed by atoms with Crippen LogP contribution in [0, 0.1) is 0 Å². The van der Waals surface area contributed by atoms with Crippen molar-refractivity contribution in [2.24, 2.45) is 0 Å². The molecule has 0 aliphatic rings. The van der Waals surface area contributed by atoms with Crippen LogP contribution in [0.3, 0.4) is 0 Å². The van der Waals surface area contributed by atoms with Gasteiger partial charge in [-0.3, -0.25) is 0 Å². The summed E-state index contributed by atoms with van der Waals surface area (Å²) in [4.78, 5) is 0. The van der Waals surface area contributed by atoms with Gasteiger partial charge in [-0.25, -0.2) is 0 Å². The summed E-state index contributed by atoms with van der Waals surface area (Å²) in [6.45, 7) is 0. The maximum atomic E-state index is 8.76. The molecule has 0 saturated heterocycles. The minimum atomic E-state index is -3.29. The van der Waals surface area contributed by atoms with Crippen LogP contribution in [0.15, 0.2) is 0 Å². The second kappa shape index (κ2) is 57.8. The van der Waals surface area contributed by atoms with Crippen LogP contribution in [0.4, 0.5) is 0 Å². The van der Waals surface area contributed by atoms with Crippen molar-refractivity contribution in [3.05, 3.63) is 0 Å². The summed E-state index contributed by atoms with van der Waals surface area (Å²) in [6, 6.07) is 0. The van der Waals surface area contributed by atoms with E-state index in [1.54, 1.807) is 0 Å². The van der Waals surface area contributed by atoms with E-state index >= 15 is 0 Å². The first-order valence-corrected chi connectivity index (χ1v) is 2.76. The monoisotopic (exact) mass is 266 g/mol. The van der Waals surface area contributed by atoms with Crippen LogP contribution in [0.1, 0.15) is 0 Å². The van der Waals surface area contributed by atoms with Gasteiger partial charge in [0.25, 0.3) is 0 Å². The largest absolute Gasteiger partial charge is 0 e. The molecule has 68 valence electrons. The minimum Gasteiger partial charge on any atom is 0 e. The molecule has 0 fully saturated rings. The van der Waals surface area contributed by atoms with E-state index in [2.05, 4.69) is 0 Å². The van der Waals surface area contributed by atoms with E-state index in [0.29, 0.717) is 0 Å². The van der Waals surface area contributed by atoms with E-state index in [1.807, 2.05) is 0 Å². The average molecular weight is 265 g/mol. The standard InChI is InChI=1S/2Na.H2O3Se.5H2O/c;;1-4(2)3;;;;;/h;;(H2,1,2,3);5*1H2. The van der Waals surface area contributed by atoms with Crippen molar-refractivity contribution in [1.82, 2.24) is 0 Å². The zero-order valence-corrected chi connectivity index (χ0v) is 11.9. The summed E-state index contributed by atoms with van der Waals surface area (Å²) in [7, 11) is 0. The molecule has 0 aromatic carbocycles. The van der Waals surface area contributed by atoms with Gasteiger partial charge in [0.1, 0.15) is 0 Å². The Morgan fingerprint density at radius 2 is 0.727 bits per heavy atom. The van der Waals surface area contributed by atoms with E-state index in [-0.39, 0.29) is 86.5 Å². The molecule has 0 amide bonds. The average Bonchev–Trinajstić information content (AvgIpc) is 0.811. The van der Waals surface area contributed by atoms with Crippen LogP contribution in [-0.4, -0.2) is 109 Å². The molecule has 0 rings (SSSR count). The molecule has 0 unspecified atom stereocenters. The maximum Gasteiger partial charge on any atom is 0 e. The maximum absolute atomic E-state index is 8.76. The fourth-order valence-corrected chi connectivity index (χ4v) is 0. The second-order valence-corrected chi connectivity index (χ2v) is 1.20. The molecular formula is H12Na2O8Se. The van der Waals surface area contributed by atoms with Gasteiger partial charge in [0.05, 0.1) is 0 Å². The third-order valence-electron chi connectivity index (χ3n) is 0. The molecule has 11 heavy (non-hydrogen) atoms. The third kappa shape index (κ3) is 292. The Bertz CT molecular complexity index is 35.1. The van der Waals surface area contributed by atoms with Crippen molar-refractivity contribution in [3.8, 4) is 0 Å². The Labute approximate surface area is 112 Å². The molecule has 8 nitrogen and oxygen atoms in total. The quantitative estimate of drug-likeness (QED) is 0.408. The number of hydrogen-bond acceptors (Lipinski definition) is 1.